The van der Waals surface area contributed by atoms with Gasteiger partial charge < -0.3 is 4.42 Å². The first-order valence-corrected chi connectivity index (χ1v) is 10.7. The van der Waals surface area contributed by atoms with Gasteiger partial charge in [0.2, 0.25) is 0 Å². The van der Waals surface area contributed by atoms with Crippen LogP contribution in [-0.4, -0.2) is 20.3 Å². The van der Waals surface area contributed by atoms with Crippen LogP contribution < -0.4 is 5.43 Å². The summed E-state index contributed by atoms with van der Waals surface area (Å²) in [6, 6.07) is 3.72. The Bertz CT molecular complexity index is 1100. The van der Waals surface area contributed by atoms with Gasteiger partial charge in [-0.05, 0) is 78.5 Å². The molecule has 0 N–H and O–H groups in total. The normalized spacial score (nSPS) is 28.0. The second-order valence-electron chi connectivity index (χ2n) is 9.57. The van der Waals surface area contributed by atoms with Crippen LogP contribution in [0.15, 0.2) is 25.7 Å². The van der Waals surface area contributed by atoms with Crippen molar-refractivity contribution in [1.82, 2.24) is 0 Å². The number of halogens is 1. The molecule has 2 aromatic rings. The summed E-state index contributed by atoms with van der Waals surface area (Å²) in [6.07, 6.45) is 1.28. The molecular formula is C22H26FNO3S. The van der Waals surface area contributed by atoms with Crippen LogP contribution in [0.5, 0.6) is 0 Å². The minimum absolute atomic E-state index is 0.0800. The molecule has 1 heterocycles. The molecule has 0 saturated heterocycles. The van der Waals surface area contributed by atoms with E-state index in [9.17, 15) is 13.4 Å². The molecule has 0 unspecified atom stereocenters. The number of hydrogen-bond acceptors (Lipinski definition) is 3. The molecule has 150 valence electrons. The summed E-state index contributed by atoms with van der Waals surface area (Å²) < 4.78 is 36.8. The van der Waals surface area contributed by atoms with Crippen LogP contribution in [-0.2, 0) is 16.4 Å². The van der Waals surface area contributed by atoms with Crippen molar-refractivity contribution in [2.45, 2.75) is 76.6 Å². The first-order valence-electron chi connectivity index (χ1n) is 9.60. The van der Waals surface area contributed by atoms with Crippen LogP contribution in [0.4, 0.5) is 4.39 Å². The third-order valence-electron chi connectivity index (χ3n) is 5.94. The number of hydrogen-bond donors (Lipinski definition) is 0. The number of rotatable bonds is 3. The van der Waals surface area contributed by atoms with E-state index in [-0.39, 0.29) is 10.8 Å². The van der Waals surface area contributed by atoms with E-state index < -0.39 is 21.4 Å². The average Bonchev–Trinajstić information content (AvgIpc) is 2.53. The van der Waals surface area contributed by atoms with Crippen molar-refractivity contribution in [2.75, 3.05) is 0 Å². The Balaban J connectivity index is 1.92. The van der Waals surface area contributed by atoms with Gasteiger partial charge in [0.05, 0.1) is 15.8 Å². The molecule has 3 fully saturated rings. The van der Waals surface area contributed by atoms with Crippen molar-refractivity contribution in [3.63, 3.8) is 0 Å². The maximum Gasteiger partial charge on any atom is 0.195 e. The van der Waals surface area contributed by atoms with Gasteiger partial charge in [-0.2, -0.15) is 4.40 Å². The third-order valence-corrected chi connectivity index (χ3v) is 7.43. The Hall–Kier alpha value is -1.82. The van der Waals surface area contributed by atoms with Crippen molar-refractivity contribution in [2.24, 2.45) is 4.40 Å². The molecule has 3 saturated carbocycles. The number of nitrogens with zero attached hydrogens (tertiary/aromatic N) is 1. The molecule has 1 aromatic carbocycles. The number of alkyl halides is 1. The fourth-order valence-corrected chi connectivity index (χ4v) is 5.15. The minimum Gasteiger partial charge on any atom is -0.459 e. The van der Waals surface area contributed by atoms with E-state index >= 15 is 0 Å². The lowest BCUT2D eigenvalue weighted by molar-refractivity contribution is -0.167. The second kappa shape index (κ2) is 5.85. The number of benzene rings is 1. The third kappa shape index (κ3) is 2.79. The van der Waals surface area contributed by atoms with Crippen LogP contribution >= 0.6 is 0 Å². The Morgan fingerprint density at radius 2 is 1.82 bits per heavy atom. The highest BCUT2D eigenvalue weighted by atomic mass is 32.2. The zero-order chi connectivity index (χ0) is 20.6. The lowest BCUT2D eigenvalue weighted by atomic mass is 9.41. The molecule has 4 nitrogen and oxygen atoms in total. The zero-order valence-corrected chi connectivity index (χ0v) is 18.1. The fraction of sp³-hybridized carbons (Fsp3) is 0.545. The van der Waals surface area contributed by atoms with E-state index in [1.807, 2.05) is 39.8 Å². The molecule has 0 amide bonds. The first-order chi connectivity index (χ1) is 12.9. The topological polar surface area (TPSA) is 59.6 Å². The Morgan fingerprint density at radius 3 is 2.36 bits per heavy atom. The van der Waals surface area contributed by atoms with Crippen molar-refractivity contribution >= 4 is 27.7 Å². The molecule has 3 aliphatic carbocycles. The van der Waals surface area contributed by atoms with Crippen LogP contribution in [0.2, 0.25) is 0 Å². The van der Waals surface area contributed by atoms with Gasteiger partial charge in [-0.3, -0.25) is 4.79 Å². The summed E-state index contributed by atoms with van der Waals surface area (Å²) in [5.41, 5.74) is 1.69. The molecule has 0 aliphatic heterocycles. The molecule has 5 rings (SSSR count). The smallest absolute Gasteiger partial charge is 0.195 e. The summed E-state index contributed by atoms with van der Waals surface area (Å²) in [7, 11) is -1.42. The summed E-state index contributed by atoms with van der Waals surface area (Å²) in [5.74, 6) is 0.611. The van der Waals surface area contributed by atoms with Gasteiger partial charge >= 0.3 is 0 Å². The van der Waals surface area contributed by atoms with Crippen LogP contribution in [0.1, 0.15) is 69.4 Å². The monoisotopic (exact) mass is 403 g/mol. The largest absolute Gasteiger partial charge is 0.459 e. The highest BCUT2D eigenvalue weighted by Crippen LogP contribution is 2.70. The van der Waals surface area contributed by atoms with Gasteiger partial charge in [0.25, 0.3) is 0 Å². The molecular weight excluding hydrogens is 377 g/mol. The molecule has 1 aromatic heterocycles. The lowest BCUT2D eigenvalue weighted by Gasteiger charge is -2.65. The van der Waals surface area contributed by atoms with Crippen molar-refractivity contribution in [3.8, 4) is 0 Å². The Morgan fingerprint density at radius 1 is 1.21 bits per heavy atom. The van der Waals surface area contributed by atoms with Crippen molar-refractivity contribution in [3.05, 3.63) is 44.8 Å². The second-order valence-corrected chi connectivity index (χ2v) is 11.5. The van der Waals surface area contributed by atoms with Crippen molar-refractivity contribution < 1.29 is 13.0 Å². The van der Waals surface area contributed by atoms with Gasteiger partial charge in [-0.1, -0.05) is 0 Å². The number of fused-ring (bicyclic) bond motifs is 1. The summed E-state index contributed by atoms with van der Waals surface area (Å²) in [5, 5.41) is 0.494. The quantitative estimate of drug-likeness (QED) is 0.690. The van der Waals surface area contributed by atoms with Gasteiger partial charge in [0.15, 0.2) is 5.43 Å². The standard InChI is InChI=1S/C22H26FNO3S/c1-12-7-15(14(3)24-28(26)20(4,5)6)18-16(8-12)17(25)13(2)19(27-18)21-9-22(23,10-21)11-21/h7-8H,9-11H2,1-6H3/b24-14+/t21?,22?,28-/m1/s1. The molecule has 2 bridgehead atoms. The maximum absolute atomic E-state index is 14.1. The highest BCUT2D eigenvalue weighted by Gasteiger charge is 2.71. The van der Waals surface area contributed by atoms with Crippen molar-refractivity contribution in [1.29, 1.82) is 0 Å². The predicted octanol–water partition coefficient (Wildman–Crippen LogP) is 4.82. The van der Waals surface area contributed by atoms with E-state index in [0.29, 0.717) is 52.8 Å². The highest BCUT2D eigenvalue weighted by molar-refractivity contribution is 7.85. The lowest BCUT2D eigenvalue weighted by Crippen LogP contribution is -2.67. The summed E-state index contributed by atoms with van der Waals surface area (Å²) in [6.45, 7) is 11.1. The molecule has 6 heteroatoms. The molecule has 3 aliphatic rings. The molecule has 0 radical (unpaired) electrons. The zero-order valence-electron chi connectivity index (χ0n) is 17.2. The molecule has 0 spiro atoms. The average molecular weight is 404 g/mol. The Kier molecular flexibility index (Phi) is 4.07. The minimum atomic E-state index is -1.42. The number of aryl methyl sites for hydroxylation is 1. The molecule has 1 atom stereocenters. The first kappa shape index (κ1) is 19.5. The van der Waals surface area contributed by atoms with Gasteiger partial charge in [0.1, 0.15) is 28.0 Å². The molecule has 28 heavy (non-hydrogen) atoms. The SMILES string of the molecule is C/C(=N\[S@](=O)C(C)(C)C)c1cc(C)cc2c(=O)c(C)c(C34CC(F)(C3)C4)oc12. The van der Waals surface area contributed by atoms with Gasteiger partial charge in [0, 0.05) is 16.5 Å². The van der Waals surface area contributed by atoms with E-state index in [0.717, 1.165) is 5.56 Å². The maximum atomic E-state index is 14.1. The summed E-state index contributed by atoms with van der Waals surface area (Å²) in [4.78, 5) is 13.1. The summed E-state index contributed by atoms with van der Waals surface area (Å²) >= 11 is 0. The van der Waals surface area contributed by atoms with E-state index in [1.165, 1.54) is 0 Å². The van der Waals surface area contributed by atoms with E-state index in [4.69, 9.17) is 4.42 Å². The fourth-order valence-electron chi connectivity index (χ4n) is 4.53. The van der Waals surface area contributed by atoms with Crippen LogP contribution in [0.25, 0.3) is 11.0 Å². The predicted molar refractivity (Wildman–Crippen MR) is 111 cm³/mol. The van der Waals surface area contributed by atoms with E-state index in [2.05, 4.69) is 4.40 Å². The van der Waals surface area contributed by atoms with Gasteiger partial charge in [-0.15, -0.1) is 0 Å². The van der Waals surface area contributed by atoms with E-state index in [1.54, 1.807) is 13.8 Å². The Labute approximate surface area is 166 Å². The van der Waals surface area contributed by atoms with Crippen LogP contribution in [0, 0.1) is 13.8 Å². The van der Waals surface area contributed by atoms with Gasteiger partial charge in [-0.25, -0.2) is 8.60 Å². The van der Waals surface area contributed by atoms with Crippen LogP contribution in [0.3, 0.4) is 0 Å².